The van der Waals surface area contributed by atoms with Gasteiger partial charge in [0.1, 0.15) is 0 Å². The van der Waals surface area contributed by atoms with Crippen molar-refractivity contribution >= 4 is 17.3 Å². The zero-order chi connectivity index (χ0) is 11.7. The van der Waals surface area contributed by atoms with Gasteiger partial charge in [0.05, 0.1) is 17.3 Å². The number of nitrogen functional groups attached to an aromatic ring is 1. The van der Waals surface area contributed by atoms with Gasteiger partial charge in [-0.25, -0.2) is 0 Å². The fourth-order valence-electron chi connectivity index (χ4n) is 2.15. The van der Waals surface area contributed by atoms with Crippen LogP contribution in [0.25, 0.3) is 0 Å². The minimum absolute atomic E-state index is 0.0417. The third-order valence-electron chi connectivity index (χ3n) is 3.23. The predicted octanol–water partition coefficient (Wildman–Crippen LogP) is 0.889. The molecule has 0 saturated carbocycles. The summed E-state index contributed by atoms with van der Waals surface area (Å²) in [5, 5.41) is 0. The average Bonchev–Trinajstić information content (AvgIpc) is 2.71. The van der Waals surface area contributed by atoms with Gasteiger partial charge in [0.2, 0.25) is 5.91 Å². The molecule has 1 aromatic rings. The van der Waals surface area contributed by atoms with Gasteiger partial charge >= 0.3 is 0 Å². The third kappa shape index (κ3) is 1.83. The summed E-state index contributed by atoms with van der Waals surface area (Å²) >= 11 is 0. The molecule has 1 aliphatic rings. The molecule has 0 spiro atoms. The van der Waals surface area contributed by atoms with Crippen LogP contribution in [-0.4, -0.2) is 19.0 Å². The molecular weight excluding hydrogens is 202 g/mol. The largest absolute Gasteiger partial charge is 0.397 e. The van der Waals surface area contributed by atoms with E-state index in [0.29, 0.717) is 6.54 Å². The fourth-order valence-corrected chi connectivity index (χ4v) is 2.15. The molecule has 1 heterocycles. The summed E-state index contributed by atoms with van der Waals surface area (Å²) in [6.45, 7) is 3.52. The molecule has 1 saturated heterocycles. The standard InChI is InChI=1S/C12H17N3O/c1-8-3-2-4-10(11(8)13)15-6-5-9(7-15)12(14)16/h2-4,9H,5-7,13H2,1H3,(H2,14,16). The number of benzene rings is 1. The monoisotopic (exact) mass is 219 g/mol. The first-order chi connectivity index (χ1) is 7.59. The topological polar surface area (TPSA) is 72.3 Å². The minimum Gasteiger partial charge on any atom is -0.397 e. The lowest BCUT2D eigenvalue weighted by Gasteiger charge is -2.21. The first-order valence-electron chi connectivity index (χ1n) is 5.49. The molecule has 1 aliphatic heterocycles. The minimum atomic E-state index is -0.214. The Hall–Kier alpha value is -1.71. The van der Waals surface area contributed by atoms with E-state index in [1.54, 1.807) is 0 Å². The summed E-state index contributed by atoms with van der Waals surface area (Å²) in [5.41, 5.74) is 14.2. The Morgan fingerprint density at radius 2 is 2.25 bits per heavy atom. The first-order valence-corrected chi connectivity index (χ1v) is 5.49. The molecule has 16 heavy (non-hydrogen) atoms. The van der Waals surface area contributed by atoms with E-state index in [9.17, 15) is 4.79 Å². The van der Waals surface area contributed by atoms with Crippen LogP contribution in [0.2, 0.25) is 0 Å². The van der Waals surface area contributed by atoms with Crippen molar-refractivity contribution in [1.82, 2.24) is 0 Å². The Labute approximate surface area is 95.2 Å². The Morgan fingerprint density at radius 1 is 1.50 bits per heavy atom. The van der Waals surface area contributed by atoms with Crippen molar-refractivity contribution in [2.24, 2.45) is 11.7 Å². The van der Waals surface area contributed by atoms with Crippen molar-refractivity contribution in [3.8, 4) is 0 Å². The highest BCUT2D eigenvalue weighted by atomic mass is 16.1. The highest BCUT2D eigenvalue weighted by Crippen LogP contribution is 2.30. The number of nitrogens with two attached hydrogens (primary N) is 2. The van der Waals surface area contributed by atoms with Crippen molar-refractivity contribution < 1.29 is 4.79 Å². The molecule has 0 bridgehead atoms. The Morgan fingerprint density at radius 3 is 2.88 bits per heavy atom. The maximum Gasteiger partial charge on any atom is 0.222 e. The van der Waals surface area contributed by atoms with E-state index in [1.165, 1.54) is 0 Å². The maximum absolute atomic E-state index is 11.1. The molecule has 86 valence electrons. The van der Waals surface area contributed by atoms with Crippen molar-refractivity contribution in [2.75, 3.05) is 23.7 Å². The SMILES string of the molecule is Cc1cccc(N2CCC(C(N)=O)C2)c1N. The molecule has 0 aromatic heterocycles. The average molecular weight is 219 g/mol. The van der Waals surface area contributed by atoms with E-state index in [1.807, 2.05) is 25.1 Å². The summed E-state index contributed by atoms with van der Waals surface area (Å²) < 4.78 is 0. The summed E-state index contributed by atoms with van der Waals surface area (Å²) in [5.74, 6) is -0.256. The number of nitrogens with zero attached hydrogens (tertiary/aromatic N) is 1. The Kier molecular flexibility index (Phi) is 2.73. The van der Waals surface area contributed by atoms with Crippen molar-refractivity contribution in [3.05, 3.63) is 23.8 Å². The number of hydrogen-bond acceptors (Lipinski definition) is 3. The summed E-state index contributed by atoms with van der Waals surface area (Å²) in [4.78, 5) is 13.2. The molecule has 1 amide bonds. The number of primary amides is 1. The van der Waals surface area contributed by atoms with Crippen molar-refractivity contribution in [2.45, 2.75) is 13.3 Å². The molecule has 4 N–H and O–H groups in total. The van der Waals surface area contributed by atoms with E-state index in [4.69, 9.17) is 11.5 Å². The van der Waals surface area contributed by atoms with Crippen LogP contribution in [0, 0.1) is 12.8 Å². The number of rotatable bonds is 2. The molecule has 1 fully saturated rings. The normalized spacial score (nSPS) is 20.1. The van der Waals surface area contributed by atoms with Crippen LogP contribution >= 0.6 is 0 Å². The van der Waals surface area contributed by atoms with Crippen LogP contribution in [0.5, 0.6) is 0 Å². The highest BCUT2D eigenvalue weighted by molar-refractivity contribution is 5.79. The number of carbonyl (C=O) groups excluding carboxylic acids is 1. The van der Waals surface area contributed by atoms with Gasteiger partial charge in [-0.1, -0.05) is 12.1 Å². The second-order valence-electron chi connectivity index (χ2n) is 4.34. The van der Waals surface area contributed by atoms with Crippen LogP contribution < -0.4 is 16.4 Å². The molecule has 4 nitrogen and oxygen atoms in total. The first kappa shape index (κ1) is 10.8. The van der Waals surface area contributed by atoms with E-state index in [2.05, 4.69) is 4.90 Å². The van der Waals surface area contributed by atoms with E-state index in [0.717, 1.165) is 29.9 Å². The molecule has 2 rings (SSSR count). The Balaban J connectivity index is 2.21. The number of hydrogen-bond donors (Lipinski definition) is 2. The van der Waals surface area contributed by atoms with Crippen LogP contribution in [0.1, 0.15) is 12.0 Å². The van der Waals surface area contributed by atoms with Crippen molar-refractivity contribution in [3.63, 3.8) is 0 Å². The lowest BCUT2D eigenvalue weighted by molar-refractivity contribution is -0.121. The summed E-state index contributed by atoms with van der Waals surface area (Å²) in [6, 6.07) is 5.96. The van der Waals surface area contributed by atoms with Gasteiger partial charge in [-0.2, -0.15) is 0 Å². The van der Waals surface area contributed by atoms with Gasteiger partial charge in [-0.05, 0) is 25.0 Å². The zero-order valence-electron chi connectivity index (χ0n) is 9.44. The summed E-state index contributed by atoms with van der Waals surface area (Å²) in [6.07, 6.45) is 0.822. The second kappa shape index (κ2) is 4.04. The second-order valence-corrected chi connectivity index (χ2v) is 4.34. The van der Waals surface area contributed by atoms with Gasteiger partial charge in [-0.15, -0.1) is 0 Å². The molecule has 1 aromatic carbocycles. The molecule has 0 aliphatic carbocycles. The van der Waals surface area contributed by atoms with Gasteiger partial charge in [-0.3, -0.25) is 4.79 Å². The smallest absolute Gasteiger partial charge is 0.222 e. The molecular formula is C12H17N3O. The molecule has 4 heteroatoms. The Bertz CT molecular complexity index is 417. The lowest BCUT2D eigenvalue weighted by atomic mass is 10.1. The quantitative estimate of drug-likeness (QED) is 0.725. The number of carbonyl (C=O) groups is 1. The lowest BCUT2D eigenvalue weighted by Crippen LogP contribution is -2.27. The van der Waals surface area contributed by atoms with E-state index >= 15 is 0 Å². The number of para-hydroxylation sites is 1. The number of amides is 1. The number of anilines is 2. The van der Waals surface area contributed by atoms with Crippen LogP contribution in [0.15, 0.2) is 18.2 Å². The molecule has 1 atom stereocenters. The van der Waals surface area contributed by atoms with Gasteiger partial charge in [0.25, 0.3) is 0 Å². The molecule has 1 unspecified atom stereocenters. The van der Waals surface area contributed by atoms with Gasteiger partial charge < -0.3 is 16.4 Å². The van der Waals surface area contributed by atoms with Crippen LogP contribution in [0.4, 0.5) is 11.4 Å². The highest BCUT2D eigenvalue weighted by Gasteiger charge is 2.27. The van der Waals surface area contributed by atoms with Gasteiger partial charge in [0, 0.05) is 13.1 Å². The van der Waals surface area contributed by atoms with Crippen molar-refractivity contribution in [1.29, 1.82) is 0 Å². The van der Waals surface area contributed by atoms with Crippen LogP contribution in [0.3, 0.4) is 0 Å². The maximum atomic E-state index is 11.1. The predicted molar refractivity (Wildman–Crippen MR) is 65.1 cm³/mol. The van der Waals surface area contributed by atoms with E-state index < -0.39 is 0 Å². The summed E-state index contributed by atoms with van der Waals surface area (Å²) in [7, 11) is 0. The molecule has 0 radical (unpaired) electrons. The van der Waals surface area contributed by atoms with Gasteiger partial charge in [0.15, 0.2) is 0 Å². The number of aryl methyl sites for hydroxylation is 1. The fraction of sp³-hybridized carbons (Fsp3) is 0.417. The zero-order valence-corrected chi connectivity index (χ0v) is 9.44. The van der Waals surface area contributed by atoms with E-state index in [-0.39, 0.29) is 11.8 Å². The van der Waals surface area contributed by atoms with Crippen LogP contribution in [-0.2, 0) is 4.79 Å². The third-order valence-corrected chi connectivity index (χ3v) is 3.23.